The molecule has 1 aromatic carbocycles. The summed E-state index contributed by atoms with van der Waals surface area (Å²) in [6.45, 7) is 4.76. The Hall–Kier alpha value is -1.11. The molecule has 1 aromatic rings. The number of amides is 1. The standard InChI is InChI=1S/C14H19ClN2O3S/c1-9-3-4-10(2)17(8-9)14(18)11-5-12(15)7-13(6-11)21(16,19)20/h5-7,9-10H,3-4,8H2,1-2H3,(H2,16,19,20). The van der Waals surface area contributed by atoms with Crippen LogP contribution < -0.4 is 5.14 Å². The topological polar surface area (TPSA) is 80.5 Å². The number of halogens is 1. The van der Waals surface area contributed by atoms with Gasteiger partial charge in [0.1, 0.15) is 0 Å². The molecule has 2 rings (SSSR count). The third-order valence-electron chi connectivity index (χ3n) is 3.83. The van der Waals surface area contributed by atoms with Crippen LogP contribution in [0, 0.1) is 5.92 Å². The highest BCUT2D eigenvalue weighted by Crippen LogP contribution is 2.25. The number of benzene rings is 1. The van der Waals surface area contributed by atoms with Crippen molar-refractivity contribution in [2.45, 2.75) is 37.6 Å². The number of sulfonamides is 1. The zero-order valence-corrected chi connectivity index (χ0v) is 13.6. The Bertz CT molecular complexity index is 660. The molecule has 116 valence electrons. The van der Waals surface area contributed by atoms with Crippen LogP contribution in [0.5, 0.6) is 0 Å². The number of piperidine rings is 1. The van der Waals surface area contributed by atoms with Gasteiger partial charge in [-0.2, -0.15) is 0 Å². The van der Waals surface area contributed by atoms with E-state index in [1.807, 2.05) is 6.92 Å². The van der Waals surface area contributed by atoms with E-state index in [4.69, 9.17) is 16.7 Å². The minimum Gasteiger partial charge on any atom is -0.336 e. The third-order valence-corrected chi connectivity index (χ3v) is 4.94. The van der Waals surface area contributed by atoms with Gasteiger partial charge in [-0.15, -0.1) is 0 Å². The molecule has 2 N–H and O–H groups in total. The molecule has 2 atom stereocenters. The summed E-state index contributed by atoms with van der Waals surface area (Å²) in [5, 5.41) is 5.29. The van der Waals surface area contributed by atoms with Gasteiger partial charge in [0.25, 0.3) is 5.91 Å². The molecule has 1 saturated heterocycles. The number of likely N-dealkylation sites (tertiary alicyclic amines) is 1. The largest absolute Gasteiger partial charge is 0.336 e. The number of carbonyl (C=O) groups excluding carboxylic acids is 1. The summed E-state index contributed by atoms with van der Waals surface area (Å²) in [6.07, 6.45) is 2.03. The predicted molar refractivity (Wildman–Crippen MR) is 81.7 cm³/mol. The van der Waals surface area contributed by atoms with Crippen molar-refractivity contribution < 1.29 is 13.2 Å². The SMILES string of the molecule is CC1CCC(C)N(C(=O)c2cc(Cl)cc(S(N)(=O)=O)c2)C1. The van der Waals surface area contributed by atoms with Gasteiger partial charge in [-0.1, -0.05) is 18.5 Å². The van der Waals surface area contributed by atoms with Crippen LogP contribution in [0.3, 0.4) is 0 Å². The lowest BCUT2D eigenvalue weighted by Gasteiger charge is -2.37. The van der Waals surface area contributed by atoms with E-state index >= 15 is 0 Å². The fourth-order valence-electron chi connectivity index (χ4n) is 2.59. The summed E-state index contributed by atoms with van der Waals surface area (Å²) in [4.78, 5) is 14.2. The summed E-state index contributed by atoms with van der Waals surface area (Å²) in [7, 11) is -3.89. The van der Waals surface area contributed by atoms with Crippen molar-refractivity contribution in [2.75, 3.05) is 6.54 Å². The van der Waals surface area contributed by atoms with Gasteiger partial charge in [0.2, 0.25) is 10.0 Å². The van der Waals surface area contributed by atoms with E-state index in [9.17, 15) is 13.2 Å². The molecule has 1 aliphatic rings. The number of rotatable bonds is 2. The highest BCUT2D eigenvalue weighted by molar-refractivity contribution is 7.89. The normalized spacial score (nSPS) is 23.1. The number of nitrogens with two attached hydrogens (primary N) is 1. The molecule has 0 aromatic heterocycles. The second-order valence-electron chi connectivity index (χ2n) is 5.71. The maximum absolute atomic E-state index is 12.6. The van der Waals surface area contributed by atoms with E-state index < -0.39 is 10.0 Å². The highest BCUT2D eigenvalue weighted by atomic mass is 35.5. The van der Waals surface area contributed by atoms with Gasteiger partial charge in [-0.25, -0.2) is 13.6 Å². The monoisotopic (exact) mass is 330 g/mol. The molecule has 1 aliphatic heterocycles. The van der Waals surface area contributed by atoms with Crippen molar-refractivity contribution in [3.63, 3.8) is 0 Å². The Morgan fingerprint density at radius 2 is 1.95 bits per heavy atom. The van der Waals surface area contributed by atoms with Crippen LogP contribution in [0.2, 0.25) is 5.02 Å². The molecule has 2 unspecified atom stereocenters. The minimum absolute atomic E-state index is 0.130. The molecular formula is C14H19ClN2O3S. The van der Waals surface area contributed by atoms with Gasteiger partial charge in [0.05, 0.1) is 4.90 Å². The number of nitrogens with zero attached hydrogens (tertiary/aromatic N) is 1. The zero-order chi connectivity index (χ0) is 15.8. The first-order valence-electron chi connectivity index (χ1n) is 6.83. The molecule has 0 spiro atoms. The summed E-state index contributed by atoms with van der Waals surface area (Å²) < 4.78 is 22.9. The summed E-state index contributed by atoms with van der Waals surface area (Å²) in [6, 6.07) is 4.14. The van der Waals surface area contributed by atoms with E-state index in [2.05, 4.69) is 6.92 Å². The molecule has 0 aliphatic carbocycles. The van der Waals surface area contributed by atoms with Crippen LogP contribution in [0.15, 0.2) is 23.1 Å². The van der Waals surface area contributed by atoms with Crippen LogP contribution in [-0.4, -0.2) is 31.8 Å². The van der Waals surface area contributed by atoms with Crippen LogP contribution >= 0.6 is 11.6 Å². The first-order valence-corrected chi connectivity index (χ1v) is 8.75. The highest BCUT2D eigenvalue weighted by Gasteiger charge is 2.28. The smallest absolute Gasteiger partial charge is 0.254 e. The molecular weight excluding hydrogens is 312 g/mol. The lowest BCUT2D eigenvalue weighted by atomic mass is 9.94. The van der Waals surface area contributed by atoms with Crippen LogP contribution in [0.25, 0.3) is 0 Å². The van der Waals surface area contributed by atoms with Gasteiger partial charge in [-0.3, -0.25) is 4.79 Å². The van der Waals surface area contributed by atoms with Gasteiger partial charge in [0, 0.05) is 23.2 Å². The Labute approximate surface area is 130 Å². The molecule has 0 bridgehead atoms. The van der Waals surface area contributed by atoms with Crippen molar-refractivity contribution in [1.29, 1.82) is 0 Å². The Morgan fingerprint density at radius 1 is 1.29 bits per heavy atom. The third kappa shape index (κ3) is 3.75. The maximum Gasteiger partial charge on any atom is 0.254 e. The summed E-state index contributed by atoms with van der Waals surface area (Å²) in [5.74, 6) is 0.225. The van der Waals surface area contributed by atoms with Crippen molar-refractivity contribution in [1.82, 2.24) is 4.90 Å². The lowest BCUT2D eigenvalue weighted by Crippen LogP contribution is -2.45. The average molecular weight is 331 g/mol. The van der Waals surface area contributed by atoms with Gasteiger partial charge in [-0.05, 0) is 43.9 Å². The van der Waals surface area contributed by atoms with Crippen LogP contribution in [0.4, 0.5) is 0 Å². The molecule has 0 radical (unpaired) electrons. The Balaban J connectivity index is 2.37. The first-order chi connectivity index (χ1) is 9.68. The number of hydrogen-bond acceptors (Lipinski definition) is 3. The quantitative estimate of drug-likeness (QED) is 0.903. The van der Waals surface area contributed by atoms with Crippen molar-refractivity contribution in [2.24, 2.45) is 11.1 Å². The number of hydrogen-bond donors (Lipinski definition) is 1. The second-order valence-corrected chi connectivity index (χ2v) is 7.71. The van der Waals surface area contributed by atoms with E-state index in [1.54, 1.807) is 4.90 Å². The van der Waals surface area contributed by atoms with Crippen molar-refractivity contribution >= 4 is 27.5 Å². The summed E-state index contributed by atoms with van der Waals surface area (Å²) in [5.41, 5.74) is 0.257. The fourth-order valence-corrected chi connectivity index (χ4v) is 3.47. The Kier molecular flexibility index (Phi) is 4.60. The first kappa shape index (κ1) is 16.3. The molecule has 7 heteroatoms. The number of primary sulfonamides is 1. The molecule has 1 amide bonds. The van der Waals surface area contributed by atoms with Gasteiger partial charge in [0.15, 0.2) is 0 Å². The van der Waals surface area contributed by atoms with Crippen LogP contribution in [-0.2, 0) is 10.0 Å². The second kappa shape index (κ2) is 5.94. The average Bonchev–Trinajstić information content (AvgIpc) is 2.39. The molecule has 21 heavy (non-hydrogen) atoms. The molecule has 1 heterocycles. The van der Waals surface area contributed by atoms with Crippen LogP contribution in [0.1, 0.15) is 37.0 Å². The molecule has 5 nitrogen and oxygen atoms in total. The van der Waals surface area contributed by atoms with E-state index in [0.717, 1.165) is 12.8 Å². The summed E-state index contributed by atoms with van der Waals surface area (Å²) >= 11 is 5.91. The van der Waals surface area contributed by atoms with Gasteiger partial charge < -0.3 is 4.90 Å². The van der Waals surface area contributed by atoms with Crippen molar-refractivity contribution in [3.05, 3.63) is 28.8 Å². The van der Waals surface area contributed by atoms with E-state index in [-0.39, 0.29) is 27.4 Å². The van der Waals surface area contributed by atoms with E-state index in [0.29, 0.717) is 12.5 Å². The number of carbonyl (C=O) groups is 1. The Morgan fingerprint density at radius 3 is 2.57 bits per heavy atom. The van der Waals surface area contributed by atoms with Crippen molar-refractivity contribution in [3.8, 4) is 0 Å². The minimum atomic E-state index is -3.89. The maximum atomic E-state index is 12.6. The van der Waals surface area contributed by atoms with E-state index in [1.165, 1.54) is 18.2 Å². The zero-order valence-electron chi connectivity index (χ0n) is 12.0. The predicted octanol–water partition coefficient (Wildman–Crippen LogP) is 2.25. The molecule has 0 saturated carbocycles. The lowest BCUT2D eigenvalue weighted by molar-refractivity contribution is 0.0574. The van der Waals surface area contributed by atoms with Gasteiger partial charge >= 0.3 is 0 Å². The fraction of sp³-hybridized carbons (Fsp3) is 0.500. The molecule has 1 fully saturated rings.